The number of rotatable bonds is 14. The number of nitrogens with zero attached hydrogens (tertiary/aromatic N) is 1. The summed E-state index contributed by atoms with van der Waals surface area (Å²) in [4.78, 5) is 2.22. The minimum atomic E-state index is -3.83. The van der Waals surface area contributed by atoms with E-state index in [1.807, 2.05) is 55.4 Å². The Balaban J connectivity index is 2.13. The number of halogens is 1. The van der Waals surface area contributed by atoms with Crippen LogP contribution in [0.5, 0.6) is 5.75 Å². The molecule has 7 heteroatoms. The van der Waals surface area contributed by atoms with Crippen LogP contribution in [-0.2, 0) is 9.84 Å². The molecule has 0 saturated carbocycles. The van der Waals surface area contributed by atoms with Gasteiger partial charge in [-0.3, -0.25) is 0 Å². The highest BCUT2D eigenvalue weighted by molar-refractivity contribution is 9.09. The fourth-order valence-electron chi connectivity index (χ4n) is 5.46. The lowest BCUT2D eigenvalue weighted by molar-refractivity contribution is 0.174. The highest BCUT2D eigenvalue weighted by atomic mass is 79.9. The van der Waals surface area contributed by atoms with Crippen molar-refractivity contribution < 1.29 is 18.3 Å². The molecule has 0 aliphatic carbocycles. The summed E-state index contributed by atoms with van der Waals surface area (Å²) in [6, 6.07) is 12.9. The summed E-state index contributed by atoms with van der Waals surface area (Å²) >= 11 is 3.46. The van der Waals surface area contributed by atoms with E-state index in [0.29, 0.717) is 30.6 Å². The second kappa shape index (κ2) is 13.9. The molecule has 210 valence electrons. The first-order valence-electron chi connectivity index (χ1n) is 14.0. The zero-order chi connectivity index (χ0) is 27.8. The van der Waals surface area contributed by atoms with E-state index in [1.165, 1.54) is 0 Å². The van der Waals surface area contributed by atoms with E-state index in [0.717, 1.165) is 61.7 Å². The Morgan fingerprint density at radius 3 is 2.18 bits per heavy atom. The normalized spacial score (nSPS) is 17.8. The van der Waals surface area contributed by atoms with E-state index in [1.54, 1.807) is 12.1 Å². The molecule has 1 N–H and O–H groups in total. The monoisotopic (exact) mass is 605 g/mol. The third-order valence-corrected chi connectivity index (χ3v) is 10.5. The Labute approximate surface area is 238 Å². The van der Waals surface area contributed by atoms with Gasteiger partial charge >= 0.3 is 0 Å². The number of benzene rings is 2. The molecule has 0 fully saturated rings. The predicted molar refractivity (Wildman–Crippen MR) is 162 cm³/mol. The molecular weight excluding hydrogens is 562 g/mol. The summed E-state index contributed by atoms with van der Waals surface area (Å²) < 4.78 is 35.1. The number of allylic oxidation sites excluding steroid dienone is 1. The van der Waals surface area contributed by atoms with Crippen molar-refractivity contribution in [3.05, 3.63) is 59.4 Å². The first kappa shape index (κ1) is 30.6. The first-order chi connectivity index (χ1) is 18.2. The molecule has 1 atom stereocenters. The number of aliphatic hydroxyl groups excluding tert-OH is 1. The molecule has 38 heavy (non-hydrogen) atoms. The lowest BCUT2D eigenvalue weighted by Crippen LogP contribution is -2.35. The van der Waals surface area contributed by atoms with Crippen LogP contribution in [0.2, 0.25) is 0 Å². The van der Waals surface area contributed by atoms with Gasteiger partial charge in [-0.2, -0.15) is 0 Å². The van der Waals surface area contributed by atoms with Gasteiger partial charge in [0.25, 0.3) is 0 Å². The highest BCUT2D eigenvalue weighted by Crippen LogP contribution is 2.56. The summed E-state index contributed by atoms with van der Waals surface area (Å²) in [6.07, 6.45) is 9.65. The van der Waals surface area contributed by atoms with E-state index in [4.69, 9.17) is 4.74 Å². The van der Waals surface area contributed by atoms with Crippen molar-refractivity contribution in [1.82, 2.24) is 0 Å². The van der Waals surface area contributed by atoms with Crippen LogP contribution in [0.15, 0.2) is 53.1 Å². The van der Waals surface area contributed by atoms with Crippen LogP contribution in [0, 0.1) is 5.41 Å². The molecule has 0 unspecified atom stereocenters. The molecule has 0 bridgehead atoms. The van der Waals surface area contributed by atoms with Crippen LogP contribution in [-0.4, -0.2) is 39.6 Å². The summed E-state index contributed by atoms with van der Waals surface area (Å²) in [6.45, 7) is 4.85. The van der Waals surface area contributed by atoms with Gasteiger partial charge in [0, 0.05) is 30.5 Å². The van der Waals surface area contributed by atoms with E-state index >= 15 is 0 Å². The third-order valence-electron chi connectivity index (χ3n) is 7.61. The quantitative estimate of drug-likeness (QED) is 0.173. The Morgan fingerprint density at radius 1 is 0.947 bits per heavy atom. The van der Waals surface area contributed by atoms with E-state index in [2.05, 4.69) is 29.8 Å². The zero-order valence-electron chi connectivity index (χ0n) is 23.4. The topological polar surface area (TPSA) is 66.8 Å². The Bertz CT molecular complexity index is 1170. The molecule has 0 aromatic heterocycles. The smallest absolute Gasteiger partial charge is 0.186 e. The minimum absolute atomic E-state index is 0.176. The van der Waals surface area contributed by atoms with Crippen LogP contribution in [0.1, 0.15) is 88.0 Å². The maximum Gasteiger partial charge on any atom is 0.186 e. The van der Waals surface area contributed by atoms with Gasteiger partial charge in [-0.25, -0.2) is 8.42 Å². The van der Waals surface area contributed by atoms with Crippen molar-refractivity contribution in [1.29, 1.82) is 0 Å². The number of hydrogen-bond acceptors (Lipinski definition) is 5. The average Bonchev–Trinajstić information content (AvgIpc) is 2.96. The number of sulfone groups is 1. The zero-order valence-corrected chi connectivity index (χ0v) is 25.8. The largest absolute Gasteiger partial charge is 0.512 e. The molecule has 0 amide bonds. The Morgan fingerprint density at radius 2 is 1.61 bits per heavy atom. The third kappa shape index (κ3) is 6.77. The van der Waals surface area contributed by atoms with Gasteiger partial charge in [0.15, 0.2) is 9.84 Å². The molecule has 2 aromatic carbocycles. The molecule has 0 radical (unpaired) electrons. The van der Waals surface area contributed by atoms with Gasteiger partial charge < -0.3 is 14.7 Å². The van der Waals surface area contributed by atoms with Gasteiger partial charge in [0.05, 0.1) is 11.5 Å². The van der Waals surface area contributed by atoms with Crippen LogP contribution >= 0.6 is 15.9 Å². The van der Waals surface area contributed by atoms with Gasteiger partial charge in [0.2, 0.25) is 0 Å². The van der Waals surface area contributed by atoms with Gasteiger partial charge in [-0.05, 0) is 79.6 Å². The molecule has 0 spiro atoms. The Kier molecular flexibility index (Phi) is 11.2. The maximum atomic E-state index is 14.6. The minimum Gasteiger partial charge on any atom is -0.512 e. The van der Waals surface area contributed by atoms with Gasteiger partial charge in [-0.15, -0.1) is 0 Å². The average molecular weight is 607 g/mol. The molecule has 1 aliphatic heterocycles. The lowest BCUT2D eigenvalue weighted by atomic mass is 9.71. The second-order valence-corrected chi connectivity index (χ2v) is 13.4. The molecule has 5 nitrogen and oxygen atoms in total. The Hall–Kier alpha value is -1.99. The van der Waals surface area contributed by atoms with Crippen LogP contribution < -0.4 is 9.64 Å². The highest BCUT2D eigenvalue weighted by Gasteiger charge is 2.51. The van der Waals surface area contributed by atoms with Gasteiger partial charge in [0.1, 0.15) is 16.8 Å². The molecule has 2 aromatic rings. The summed E-state index contributed by atoms with van der Waals surface area (Å²) in [7, 11) is 0.0239. The van der Waals surface area contributed by atoms with Crippen LogP contribution in [0.4, 0.5) is 5.69 Å². The summed E-state index contributed by atoms with van der Waals surface area (Å²) in [5.74, 6) is 0.914. The van der Waals surface area contributed by atoms with E-state index in [-0.39, 0.29) is 10.7 Å². The molecule has 1 aliphatic rings. The van der Waals surface area contributed by atoms with Crippen molar-refractivity contribution in [3.63, 3.8) is 0 Å². The summed E-state index contributed by atoms with van der Waals surface area (Å²) in [5, 5.41) is 11.9. The molecular formula is C31H44BrNO4S. The number of aliphatic hydroxyl groups is 1. The fourth-order valence-corrected chi connectivity index (χ4v) is 8.28. The fraction of sp³-hybridized carbons (Fsp3) is 0.548. The summed E-state index contributed by atoms with van der Waals surface area (Å²) in [5.41, 5.74) is 1.25. The van der Waals surface area contributed by atoms with E-state index < -0.39 is 20.5 Å². The number of anilines is 1. The van der Waals surface area contributed by atoms with Crippen molar-refractivity contribution in [2.24, 2.45) is 5.41 Å². The SMILES string of the molecule is CCCCC1(CCCC)C(O)=Cc2cc(N(C)C)ccc2S(=O)(=O)[C@@H]1c1ccc(OCCCCCBr)cc1. The number of fused-ring (bicyclic) bond motifs is 1. The van der Waals surface area contributed by atoms with E-state index in [9.17, 15) is 13.5 Å². The predicted octanol–water partition coefficient (Wildman–Crippen LogP) is 8.49. The molecule has 3 rings (SSSR count). The number of ether oxygens (including phenoxy) is 1. The van der Waals surface area contributed by atoms with Gasteiger partial charge in [-0.1, -0.05) is 67.6 Å². The van der Waals surface area contributed by atoms with Crippen molar-refractivity contribution in [2.75, 3.05) is 30.9 Å². The van der Waals surface area contributed by atoms with Crippen LogP contribution in [0.3, 0.4) is 0 Å². The van der Waals surface area contributed by atoms with Crippen LogP contribution in [0.25, 0.3) is 6.08 Å². The first-order valence-corrected chi connectivity index (χ1v) is 16.6. The maximum absolute atomic E-state index is 14.6. The van der Waals surface area contributed by atoms with Crippen molar-refractivity contribution >= 4 is 37.5 Å². The number of alkyl halides is 1. The van der Waals surface area contributed by atoms with Crippen molar-refractivity contribution in [2.45, 2.75) is 81.8 Å². The molecule has 0 saturated heterocycles. The number of hydrogen-bond donors (Lipinski definition) is 1. The standard InChI is InChI=1S/C31H44BrNO4S/c1-5-7-18-31(19-8-6-2)29(34)23-25-22-26(33(3)4)14-17-28(25)38(35,36)30(31)24-12-15-27(16-13-24)37-21-11-9-10-20-32/h12-17,22-23,30,34H,5-11,18-21H2,1-4H3/t30-/m1/s1. The lowest BCUT2D eigenvalue weighted by Gasteiger charge is -2.39. The number of unbranched alkanes of at least 4 members (excludes halogenated alkanes) is 4. The van der Waals surface area contributed by atoms with Crippen molar-refractivity contribution in [3.8, 4) is 5.75 Å². The second-order valence-electron chi connectivity index (χ2n) is 10.6. The molecule has 1 heterocycles.